The summed E-state index contributed by atoms with van der Waals surface area (Å²) in [5.41, 5.74) is 0. The molecule has 37 heavy (non-hydrogen) atoms. The van der Waals surface area contributed by atoms with Crippen LogP contribution < -0.4 is 0 Å². The van der Waals surface area contributed by atoms with Crippen LogP contribution >= 0.6 is 0 Å². The summed E-state index contributed by atoms with van der Waals surface area (Å²) >= 11 is 0. The maximum absolute atomic E-state index is 10.9. The van der Waals surface area contributed by atoms with Crippen molar-refractivity contribution in [2.45, 2.75) is 13.3 Å². The van der Waals surface area contributed by atoms with Gasteiger partial charge < -0.3 is 52.1 Å². The first-order chi connectivity index (χ1) is 18.2. The van der Waals surface area contributed by atoms with Gasteiger partial charge in [-0.2, -0.15) is 0 Å². The number of carbonyl (C=O) groups is 2. The third-order valence-electron chi connectivity index (χ3n) is 4.19. The molecule has 0 spiro atoms. The molecule has 13 heteroatoms. The Kier molecular flexibility index (Phi) is 29.6. The van der Waals surface area contributed by atoms with E-state index in [-0.39, 0.29) is 25.0 Å². The summed E-state index contributed by atoms with van der Waals surface area (Å²) < 4.78 is 57.5. The fourth-order valence-electron chi connectivity index (χ4n) is 2.36. The van der Waals surface area contributed by atoms with Gasteiger partial charge in [-0.25, -0.2) is 0 Å². The maximum atomic E-state index is 10.9. The van der Waals surface area contributed by atoms with E-state index in [1.165, 1.54) is 14.0 Å². The first-order valence-electron chi connectivity index (χ1n) is 12.6. The van der Waals surface area contributed by atoms with Crippen molar-refractivity contribution in [3.8, 4) is 0 Å². The largest absolute Gasteiger partial charge is 0.469 e. The molecule has 13 nitrogen and oxygen atoms in total. The lowest BCUT2D eigenvalue weighted by molar-refractivity contribution is -0.143. The molecular weight excluding hydrogens is 496 g/mol. The Morgan fingerprint density at radius 3 is 0.892 bits per heavy atom. The Bertz CT molecular complexity index is 493. The van der Waals surface area contributed by atoms with Gasteiger partial charge in [-0.1, -0.05) is 0 Å². The van der Waals surface area contributed by atoms with Crippen LogP contribution in [0.3, 0.4) is 0 Å². The van der Waals surface area contributed by atoms with Gasteiger partial charge in [0.1, 0.15) is 6.61 Å². The van der Waals surface area contributed by atoms with Gasteiger partial charge in [-0.3, -0.25) is 9.59 Å². The summed E-state index contributed by atoms with van der Waals surface area (Å²) in [5.74, 6) is -0.602. The summed E-state index contributed by atoms with van der Waals surface area (Å²) in [4.78, 5) is 21.4. The number of esters is 2. The van der Waals surface area contributed by atoms with Gasteiger partial charge in [0.2, 0.25) is 0 Å². The van der Waals surface area contributed by atoms with Crippen LogP contribution in [-0.2, 0) is 61.7 Å². The van der Waals surface area contributed by atoms with E-state index in [1.807, 2.05) is 0 Å². The Labute approximate surface area is 220 Å². The lowest BCUT2D eigenvalue weighted by atomic mass is 10.5. The summed E-state index contributed by atoms with van der Waals surface area (Å²) in [6, 6.07) is 0. The van der Waals surface area contributed by atoms with E-state index < -0.39 is 0 Å². The second kappa shape index (κ2) is 30.8. The average molecular weight is 543 g/mol. The molecule has 0 radical (unpaired) electrons. The number of hydrogen-bond donors (Lipinski definition) is 0. The SMILES string of the molecule is COC(=O)CCOCCOCCOCCOCCOCCOCCOCCOCCOCCOC(C)=O. The second-order valence-electron chi connectivity index (χ2n) is 7.18. The minimum absolute atomic E-state index is 0.243. The summed E-state index contributed by atoms with van der Waals surface area (Å²) in [7, 11) is 1.35. The highest BCUT2D eigenvalue weighted by atomic mass is 16.6. The van der Waals surface area contributed by atoms with Gasteiger partial charge in [0, 0.05) is 6.92 Å². The standard InChI is InChI=1S/C24H46O13/c1-23(25)37-22-21-36-20-19-35-18-17-34-16-15-33-14-13-32-12-11-31-10-9-30-8-7-29-6-5-28-4-3-24(26)27-2/h3-22H2,1-2H3. The number of ether oxygens (including phenoxy) is 11. The van der Waals surface area contributed by atoms with Crippen molar-refractivity contribution in [2.24, 2.45) is 0 Å². The van der Waals surface area contributed by atoms with Crippen LogP contribution in [0.25, 0.3) is 0 Å². The van der Waals surface area contributed by atoms with Crippen molar-refractivity contribution in [3.05, 3.63) is 0 Å². The van der Waals surface area contributed by atoms with Crippen molar-refractivity contribution in [3.63, 3.8) is 0 Å². The zero-order valence-corrected chi connectivity index (χ0v) is 22.4. The average Bonchev–Trinajstić information content (AvgIpc) is 2.89. The van der Waals surface area contributed by atoms with E-state index in [4.69, 9.17) is 47.4 Å². The highest BCUT2D eigenvalue weighted by Gasteiger charge is 1.99. The third-order valence-corrected chi connectivity index (χ3v) is 4.19. The Balaban J connectivity index is 3.04. The summed E-state index contributed by atoms with van der Waals surface area (Å²) in [6.07, 6.45) is 0.243. The van der Waals surface area contributed by atoms with Crippen LogP contribution in [0.5, 0.6) is 0 Å². The quantitative estimate of drug-likeness (QED) is 0.0908. The zero-order valence-electron chi connectivity index (χ0n) is 22.4. The minimum atomic E-state index is -0.314. The minimum Gasteiger partial charge on any atom is -0.469 e. The van der Waals surface area contributed by atoms with E-state index in [1.54, 1.807) is 0 Å². The molecule has 0 unspecified atom stereocenters. The number of methoxy groups -OCH3 is 1. The molecular formula is C24H46O13. The Morgan fingerprint density at radius 2 is 0.649 bits per heavy atom. The Morgan fingerprint density at radius 1 is 0.405 bits per heavy atom. The molecule has 0 rings (SSSR count). The molecule has 220 valence electrons. The van der Waals surface area contributed by atoms with Crippen LogP contribution in [0.1, 0.15) is 13.3 Å². The predicted molar refractivity (Wildman–Crippen MR) is 131 cm³/mol. The van der Waals surface area contributed by atoms with Gasteiger partial charge >= 0.3 is 11.9 Å². The highest BCUT2D eigenvalue weighted by Crippen LogP contribution is 1.88. The Hall–Kier alpha value is -1.42. The number of hydrogen-bond acceptors (Lipinski definition) is 13. The fraction of sp³-hybridized carbons (Fsp3) is 0.917. The molecule has 0 amide bonds. The van der Waals surface area contributed by atoms with Crippen molar-refractivity contribution in [1.29, 1.82) is 0 Å². The van der Waals surface area contributed by atoms with Crippen LogP contribution in [0.2, 0.25) is 0 Å². The van der Waals surface area contributed by atoms with Crippen LogP contribution in [0.15, 0.2) is 0 Å². The monoisotopic (exact) mass is 542 g/mol. The van der Waals surface area contributed by atoms with Gasteiger partial charge in [0.05, 0.1) is 132 Å². The normalized spacial score (nSPS) is 11.1. The van der Waals surface area contributed by atoms with E-state index >= 15 is 0 Å². The second-order valence-corrected chi connectivity index (χ2v) is 7.18. The van der Waals surface area contributed by atoms with E-state index in [0.29, 0.717) is 119 Å². The number of rotatable bonds is 30. The van der Waals surface area contributed by atoms with Crippen molar-refractivity contribution >= 4 is 11.9 Å². The topological polar surface area (TPSA) is 136 Å². The molecule has 0 N–H and O–H groups in total. The van der Waals surface area contributed by atoms with E-state index in [0.717, 1.165) is 0 Å². The van der Waals surface area contributed by atoms with E-state index in [9.17, 15) is 9.59 Å². The summed E-state index contributed by atoms with van der Waals surface area (Å²) in [6.45, 7) is 9.90. The maximum Gasteiger partial charge on any atom is 0.307 e. The predicted octanol–water partition coefficient (Wildman–Crippen LogP) is 0.262. The van der Waals surface area contributed by atoms with Crippen LogP contribution in [0.4, 0.5) is 0 Å². The van der Waals surface area contributed by atoms with Crippen molar-refractivity contribution in [2.75, 3.05) is 133 Å². The fourth-order valence-corrected chi connectivity index (χ4v) is 2.36. The van der Waals surface area contributed by atoms with Gasteiger partial charge in [0.25, 0.3) is 0 Å². The molecule has 0 aromatic heterocycles. The highest BCUT2D eigenvalue weighted by molar-refractivity contribution is 5.69. The van der Waals surface area contributed by atoms with Gasteiger partial charge in [-0.15, -0.1) is 0 Å². The molecule has 0 saturated carbocycles. The van der Waals surface area contributed by atoms with E-state index in [2.05, 4.69) is 4.74 Å². The molecule has 0 atom stereocenters. The lowest BCUT2D eigenvalue weighted by Crippen LogP contribution is -2.15. The number of carbonyl (C=O) groups excluding carboxylic acids is 2. The molecule has 0 aromatic rings. The molecule has 0 aliphatic heterocycles. The molecule has 0 heterocycles. The van der Waals surface area contributed by atoms with Gasteiger partial charge in [-0.05, 0) is 0 Å². The third kappa shape index (κ3) is 32.6. The lowest BCUT2D eigenvalue weighted by Gasteiger charge is -2.09. The zero-order chi connectivity index (χ0) is 27.1. The molecule has 0 aliphatic rings. The molecule has 0 bridgehead atoms. The van der Waals surface area contributed by atoms with Crippen LogP contribution in [-0.4, -0.2) is 145 Å². The first-order valence-corrected chi connectivity index (χ1v) is 12.6. The van der Waals surface area contributed by atoms with Crippen LogP contribution in [0, 0.1) is 0 Å². The molecule has 0 aliphatic carbocycles. The van der Waals surface area contributed by atoms with Crippen molar-refractivity contribution in [1.82, 2.24) is 0 Å². The first kappa shape index (κ1) is 35.6. The smallest absolute Gasteiger partial charge is 0.307 e. The molecule has 0 aromatic carbocycles. The summed E-state index contributed by atoms with van der Waals surface area (Å²) in [5, 5.41) is 0. The molecule has 0 fully saturated rings. The van der Waals surface area contributed by atoms with Crippen molar-refractivity contribution < 1.29 is 61.7 Å². The molecule has 0 saturated heterocycles. The van der Waals surface area contributed by atoms with Gasteiger partial charge in [0.15, 0.2) is 0 Å².